The summed E-state index contributed by atoms with van der Waals surface area (Å²) in [5.41, 5.74) is 2.10. The van der Waals surface area contributed by atoms with Gasteiger partial charge in [-0.25, -0.2) is 4.98 Å². The van der Waals surface area contributed by atoms with Crippen LogP contribution in [0, 0.1) is 0 Å². The van der Waals surface area contributed by atoms with Gasteiger partial charge in [0.2, 0.25) is 0 Å². The van der Waals surface area contributed by atoms with Crippen LogP contribution in [0.5, 0.6) is 0 Å². The first-order valence-electron chi connectivity index (χ1n) is 8.28. The second kappa shape index (κ2) is 9.07. The molecule has 0 unspecified atom stereocenters. The van der Waals surface area contributed by atoms with Crippen LogP contribution in [0.2, 0.25) is 0 Å². The number of nitrogens with zero attached hydrogens (tertiary/aromatic N) is 3. The summed E-state index contributed by atoms with van der Waals surface area (Å²) in [4.78, 5) is 9.20. The van der Waals surface area contributed by atoms with E-state index in [-0.39, 0.29) is 0 Å². The maximum atomic E-state index is 4.60. The molecule has 0 atom stereocenters. The molecule has 0 amide bonds. The van der Waals surface area contributed by atoms with Crippen molar-refractivity contribution in [2.24, 2.45) is 4.99 Å². The van der Waals surface area contributed by atoms with Gasteiger partial charge in [0.15, 0.2) is 5.96 Å². The van der Waals surface area contributed by atoms with Crippen molar-refractivity contribution in [2.45, 2.75) is 39.5 Å². The minimum absolute atomic E-state index is 0.837. The average Bonchev–Trinajstić information content (AvgIpc) is 2.94. The Hall–Kier alpha value is -2.04. The van der Waals surface area contributed by atoms with Crippen LogP contribution in [0.3, 0.4) is 0 Å². The van der Waals surface area contributed by atoms with Crippen LogP contribution in [0.1, 0.15) is 38.8 Å². The zero-order chi connectivity index (χ0) is 15.6. The molecule has 5 heteroatoms. The normalized spacial score (nSPS) is 11.8. The minimum atomic E-state index is 0.837. The quantitative estimate of drug-likeness (QED) is 0.448. The van der Waals surface area contributed by atoms with Crippen LogP contribution in [0.4, 0.5) is 0 Å². The number of hydrogen-bond acceptors (Lipinski definition) is 2. The van der Waals surface area contributed by atoms with Crippen LogP contribution >= 0.6 is 0 Å². The van der Waals surface area contributed by atoms with E-state index in [0.29, 0.717) is 0 Å². The first-order valence-corrected chi connectivity index (χ1v) is 8.28. The highest BCUT2D eigenvalue weighted by Gasteiger charge is 2.02. The molecule has 0 saturated carbocycles. The van der Waals surface area contributed by atoms with Crippen molar-refractivity contribution in [3.05, 3.63) is 36.3 Å². The fourth-order valence-corrected chi connectivity index (χ4v) is 2.31. The standard InChI is InChI=1S/C17H27N5/c1-3-5-7-11-19-17(18-4-2)20-12-10-15-14-22-13-8-6-9-16(22)21-15/h6,8-9,13-14H,3-5,7,10-12H2,1-2H3,(H2,18,19,20). The number of guanidine groups is 1. The number of aliphatic imine (C=N–C) groups is 1. The lowest BCUT2D eigenvalue weighted by molar-refractivity contribution is 0.716. The molecule has 0 aliphatic rings. The van der Waals surface area contributed by atoms with Crippen molar-refractivity contribution in [1.29, 1.82) is 0 Å². The van der Waals surface area contributed by atoms with Gasteiger partial charge in [-0.3, -0.25) is 4.99 Å². The number of imidazole rings is 1. The largest absolute Gasteiger partial charge is 0.357 e. The van der Waals surface area contributed by atoms with E-state index in [0.717, 1.165) is 49.8 Å². The molecule has 2 heterocycles. The number of rotatable bonds is 8. The maximum Gasteiger partial charge on any atom is 0.191 e. The lowest BCUT2D eigenvalue weighted by Gasteiger charge is -2.10. The molecule has 0 aromatic carbocycles. The van der Waals surface area contributed by atoms with Crippen LogP contribution in [0.15, 0.2) is 35.6 Å². The highest BCUT2D eigenvalue weighted by atomic mass is 15.2. The van der Waals surface area contributed by atoms with Crippen LogP contribution < -0.4 is 10.6 Å². The van der Waals surface area contributed by atoms with Crippen LogP contribution in [-0.2, 0) is 6.42 Å². The Morgan fingerprint density at radius 2 is 2.14 bits per heavy atom. The molecule has 0 aliphatic carbocycles. The Bertz CT molecular complexity index is 555. The Morgan fingerprint density at radius 3 is 2.91 bits per heavy atom. The predicted octanol–water partition coefficient (Wildman–Crippen LogP) is 2.62. The summed E-state index contributed by atoms with van der Waals surface area (Å²) in [6.07, 6.45) is 8.62. The minimum Gasteiger partial charge on any atom is -0.357 e. The van der Waals surface area contributed by atoms with Gasteiger partial charge in [0.1, 0.15) is 5.65 Å². The summed E-state index contributed by atoms with van der Waals surface area (Å²) < 4.78 is 2.05. The summed E-state index contributed by atoms with van der Waals surface area (Å²) in [6.45, 7) is 6.91. The molecule has 2 rings (SSSR count). The summed E-state index contributed by atoms with van der Waals surface area (Å²) in [5.74, 6) is 0.905. The second-order valence-electron chi connectivity index (χ2n) is 5.34. The van der Waals surface area contributed by atoms with E-state index < -0.39 is 0 Å². The zero-order valence-electron chi connectivity index (χ0n) is 13.7. The van der Waals surface area contributed by atoms with E-state index in [2.05, 4.69) is 45.1 Å². The molecule has 2 N–H and O–H groups in total. The van der Waals surface area contributed by atoms with Gasteiger partial charge in [0.05, 0.1) is 5.69 Å². The summed E-state index contributed by atoms with van der Waals surface area (Å²) in [7, 11) is 0. The Kier molecular flexibility index (Phi) is 6.74. The lowest BCUT2D eigenvalue weighted by atomic mass is 10.2. The van der Waals surface area contributed by atoms with Gasteiger partial charge in [0.25, 0.3) is 0 Å². The predicted molar refractivity (Wildman–Crippen MR) is 92.4 cm³/mol. The fourth-order valence-electron chi connectivity index (χ4n) is 2.31. The van der Waals surface area contributed by atoms with Gasteiger partial charge in [-0.15, -0.1) is 0 Å². The zero-order valence-corrected chi connectivity index (χ0v) is 13.7. The molecule has 5 nitrogen and oxygen atoms in total. The fraction of sp³-hybridized carbons (Fsp3) is 0.529. The van der Waals surface area contributed by atoms with E-state index in [1.165, 1.54) is 12.8 Å². The molecule has 0 aliphatic heterocycles. The van der Waals surface area contributed by atoms with Gasteiger partial charge in [-0.05, 0) is 25.5 Å². The highest BCUT2D eigenvalue weighted by Crippen LogP contribution is 2.04. The molecule has 120 valence electrons. The number of aromatic nitrogens is 2. The smallest absolute Gasteiger partial charge is 0.191 e. The lowest BCUT2D eigenvalue weighted by Crippen LogP contribution is -2.38. The van der Waals surface area contributed by atoms with Gasteiger partial charge in [0, 0.05) is 38.4 Å². The van der Waals surface area contributed by atoms with Crippen LogP contribution in [-0.4, -0.2) is 35.0 Å². The van der Waals surface area contributed by atoms with Crippen molar-refractivity contribution >= 4 is 11.6 Å². The molecule has 0 saturated heterocycles. The van der Waals surface area contributed by atoms with Gasteiger partial charge < -0.3 is 15.0 Å². The highest BCUT2D eigenvalue weighted by molar-refractivity contribution is 5.79. The molecule has 0 fully saturated rings. The molecule has 0 spiro atoms. The topological polar surface area (TPSA) is 53.7 Å². The molecule has 0 radical (unpaired) electrons. The average molecular weight is 301 g/mol. The molecule has 2 aromatic heterocycles. The summed E-state index contributed by atoms with van der Waals surface area (Å²) in [6, 6.07) is 6.05. The van der Waals surface area contributed by atoms with E-state index in [1.54, 1.807) is 0 Å². The van der Waals surface area contributed by atoms with Crippen molar-refractivity contribution in [2.75, 3.05) is 19.6 Å². The van der Waals surface area contributed by atoms with Gasteiger partial charge in [-0.2, -0.15) is 0 Å². The van der Waals surface area contributed by atoms with Gasteiger partial charge >= 0.3 is 0 Å². The third-order valence-electron chi connectivity index (χ3n) is 3.46. The monoisotopic (exact) mass is 301 g/mol. The number of pyridine rings is 1. The summed E-state index contributed by atoms with van der Waals surface area (Å²) in [5, 5.41) is 6.67. The second-order valence-corrected chi connectivity index (χ2v) is 5.34. The van der Waals surface area contributed by atoms with Crippen molar-refractivity contribution in [3.8, 4) is 0 Å². The maximum absolute atomic E-state index is 4.60. The molecular formula is C17H27N5. The Labute approximate surface area is 132 Å². The number of fused-ring (bicyclic) bond motifs is 1. The summed E-state index contributed by atoms with van der Waals surface area (Å²) >= 11 is 0. The molecular weight excluding hydrogens is 274 g/mol. The molecule has 22 heavy (non-hydrogen) atoms. The third-order valence-corrected chi connectivity index (χ3v) is 3.46. The molecule has 2 aromatic rings. The Morgan fingerprint density at radius 1 is 1.23 bits per heavy atom. The number of hydrogen-bond donors (Lipinski definition) is 2. The first kappa shape index (κ1) is 16.3. The number of unbranched alkanes of at least 4 members (excludes halogenated alkanes) is 2. The molecule has 0 bridgehead atoms. The first-order chi connectivity index (χ1) is 10.8. The van der Waals surface area contributed by atoms with Crippen molar-refractivity contribution < 1.29 is 0 Å². The van der Waals surface area contributed by atoms with Crippen molar-refractivity contribution in [1.82, 2.24) is 20.0 Å². The van der Waals surface area contributed by atoms with E-state index >= 15 is 0 Å². The van der Waals surface area contributed by atoms with E-state index in [1.807, 2.05) is 24.4 Å². The Balaban J connectivity index is 1.81. The van der Waals surface area contributed by atoms with Crippen molar-refractivity contribution in [3.63, 3.8) is 0 Å². The van der Waals surface area contributed by atoms with Gasteiger partial charge in [-0.1, -0.05) is 25.8 Å². The van der Waals surface area contributed by atoms with E-state index in [4.69, 9.17) is 0 Å². The van der Waals surface area contributed by atoms with E-state index in [9.17, 15) is 0 Å². The third kappa shape index (κ3) is 5.06. The SMILES string of the molecule is CCCCCN=C(NCC)NCCc1cn2ccccc2n1. The number of nitrogens with one attached hydrogen (secondary N) is 2. The van der Waals surface area contributed by atoms with Crippen LogP contribution in [0.25, 0.3) is 5.65 Å².